The first-order valence-corrected chi connectivity index (χ1v) is 7.05. The summed E-state index contributed by atoms with van der Waals surface area (Å²) in [4.78, 5) is 5.05. The summed E-state index contributed by atoms with van der Waals surface area (Å²) in [7, 11) is 2.29. The Morgan fingerprint density at radius 1 is 1.24 bits per heavy atom. The van der Waals surface area contributed by atoms with Gasteiger partial charge in [-0.1, -0.05) is 20.8 Å². The summed E-state index contributed by atoms with van der Waals surface area (Å²) in [5, 5.41) is 0. The Hall–Kier alpha value is -0.120. The molecule has 3 heteroatoms. The van der Waals surface area contributed by atoms with Crippen LogP contribution in [0.25, 0.3) is 0 Å². The van der Waals surface area contributed by atoms with Gasteiger partial charge in [-0.2, -0.15) is 0 Å². The van der Waals surface area contributed by atoms with Crippen LogP contribution in [0.4, 0.5) is 0 Å². The minimum atomic E-state index is 0.453. The summed E-state index contributed by atoms with van der Waals surface area (Å²) in [6.07, 6.45) is 3.90. The van der Waals surface area contributed by atoms with Crippen LogP contribution in [0.5, 0.6) is 0 Å². The maximum atomic E-state index is 5.60. The second-order valence-electron chi connectivity index (χ2n) is 6.65. The molecule has 1 rings (SSSR count). The Bertz CT molecular complexity index is 202. The lowest BCUT2D eigenvalue weighted by Gasteiger charge is -2.37. The van der Waals surface area contributed by atoms with E-state index in [1.807, 2.05) is 0 Å². The average molecular weight is 241 g/mol. The number of hydrogen-bond acceptors (Lipinski definition) is 3. The molecule has 2 N–H and O–H groups in total. The molecule has 0 unspecified atom stereocenters. The number of nitrogens with two attached hydrogens (primary N) is 1. The van der Waals surface area contributed by atoms with E-state index in [0.717, 1.165) is 19.1 Å². The monoisotopic (exact) mass is 241 g/mol. The van der Waals surface area contributed by atoms with Crippen LogP contribution in [0.2, 0.25) is 0 Å². The predicted molar refractivity (Wildman–Crippen MR) is 75.2 cm³/mol. The molecule has 0 saturated carbocycles. The van der Waals surface area contributed by atoms with Gasteiger partial charge in [0.25, 0.3) is 0 Å². The normalized spacial score (nSPS) is 20.1. The van der Waals surface area contributed by atoms with Crippen LogP contribution in [0.1, 0.15) is 40.0 Å². The van der Waals surface area contributed by atoms with Crippen molar-refractivity contribution in [2.75, 3.05) is 39.8 Å². The molecule has 1 fully saturated rings. The van der Waals surface area contributed by atoms with Gasteiger partial charge in [-0.15, -0.1) is 0 Å². The van der Waals surface area contributed by atoms with Crippen LogP contribution in [0, 0.1) is 5.41 Å². The smallest absolute Gasteiger partial charge is 0.0117 e. The SMILES string of the molecule is CN(CCC(C)(C)C)C1CCN(CCN)CC1. The standard InChI is InChI=1S/C14H31N3/c1-14(2,3)7-11-16(4)13-5-9-17(10-6-13)12-8-15/h13H,5-12,15H2,1-4H3. The van der Waals surface area contributed by atoms with Crippen LogP contribution < -0.4 is 5.73 Å². The van der Waals surface area contributed by atoms with Gasteiger partial charge in [0.05, 0.1) is 0 Å². The van der Waals surface area contributed by atoms with Gasteiger partial charge >= 0.3 is 0 Å². The molecule has 0 spiro atoms. The fourth-order valence-electron chi connectivity index (χ4n) is 2.46. The lowest BCUT2D eigenvalue weighted by molar-refractivity contribution is 0.120. The van der Waals surface area contributed by atoms with Crippen LogP contribution in [-0.2, 0) is 0 Å². The van der Waals surface area contributed by atoms with E-state index in [9.17, 15) is 0 Å². The molecule has 17 heavy (non-hydrogen) atoms. The molecule has 1 aliphatic rings. The molecule has 1 heterocycles. The van der Waals surface area contributed by atoms with Gasteiger partial charge in [0.2, 0.25) is 0 Å². The first-order chi connectivity index (χ1) is 7.92. The molecule has 0 radical (unpaired) electrons. The van der Waals surface area contributed by atoms with Crippen molar-refractivity contribution in [3.8, 4) is 0 Å². The van der Waals surface area contributed by atoms with E-state index in [1.54, 1.807) is 0 Å². The van der Waals surface area contributed by atoms with E-state index in [2.05, 4.69) is 37.6 Å². The van der Waals surface area contributed by atoms with E-state index >= 15 is 0 Å². The minimum absolute atomic E-state index is 0.453. The lowest BCUT2D eigenvalue weighted by Crippen LogP contribution is -2.45. The van der Waals surface area contributed by atoms with Crippen molar-refractivity contribution in [3.63, 3.8) is 0 Å². The Morgan fingerprint density at radius 2 is 1.82 bits per heavy atom. The summed E-state index contributed by atoms with van der Waals surface area (Å²) < 4.78 is 0. The number of likely N-dealkylation sites (tertiary alicyclic amines) is 1. The highest BCUT2D eigenvalue weighted by Crippen LogP contribution is 2.21. The zero-order valence-corrected chi connectivity index (χ0v) is 12.2. The molecule has 3 nitrogen and oxygen atoms in total. The van der Waals surface area contributed by atoms with Gasteiger partial charge in [-0.25, -0.2) is 0 Å². The molecule has 0 atom stereocenters. The Labute approximate surface area is 107 Å². The van der Waals surface area contributed by atoms with Crippen molar-refractivity contribution in [1.29, 1.82) is 0 Å². The third-order valence-corrected chi connectivity index (χ3v) is 3.84. The Kier molecular flexibility index (Phi) is 5.90. The number of piperidine rings is 1. The highest BCUT2D eigenvalue weighted by molar-refractivity contribution is 4.79. The lowest BCUT2D eigenvalue weighted by atomic mass is 9.91. The van der Waals surface area contributed by atoms with Crippen LogP contribution in [0.3, 0.4) is 0 Å². The molecular formula is C14H31N3. The first-order valence-electron chi connectivity index (χ1n) is 7.05. The largest absolute Gasteiger partial charge is 0.329 e. The zero-order chi connectivity index (χ0) is 12.9. The summed E-state index contributed by atoms with van der Waals surface area (Å²) in [5.41, 5.74) is 6.05. The van der Waals surface area contributed by atoms with E-state index in [-0.39, 0.29) is 0 Å². The average Bonchev–Trinajstić information content (AvgIpc) is 2.26. The second-order valence-corrected chi connectivity index (χ2v) is 6.65. The predicted octanol–water partition coefficient (Wildman–Crippen LogP) is 1.78. The fourth-order valence-corrected chi connectivity index (χ4v) is 2.46. The van der Waals surface area contributed by atoms with Crippen molar-refractivity contribution in [2.45, 2.75) is 46.1 Å². The first kappa shape index (κ1) is 14.9. The number of hydrogen-bond donors (Lipinski definition) is 1. The van der Waals surface area contributed by atoms with Crippen LogP contribution in [0.15, 0.2) is 0 Å². The van der Waals surface area contributed by atoms with Crippen molar-refractivity contribution in [3.05, 3.63) is 0 Å². The van der Waals surface area contributed by atoms with Crippen molar-refractivity contribution < 1.29 is 0 Å². The number of rotatable bonds is 5. The van der Waals surface area contributed by atoms with E-state index in [1.165, 1.54) is 38.9 Å². The summed E-state index contributed by atoms with van der Waals surface area (Å²) in [6.45, 7) is 12.5. The fraction of sp³-hybridized carbons (Fsp3) is 1.00. The molecule has 1 aliphatic heterocycles. The molecule has 0 aromatic rings. The highest BCUT2D eigenvalue weighted by Gasteiger charge is 2.22. The molecule has 0 aromatic heterocycles. The molecule has 1 saturated heterocycles. The van der Waals surface area contributed by atoms with E-state index in [0.29, 0.717) is 5.41 Å². The quantitative estimate of drug-likeness (QED) is 0.796. The molecule has 0 aliphatic carbocycles. The summed E-state index contributed by atoms with van der Waals surface area (Å²) in [6, 6.07) is 0.784. The van der Waals surface area contributed by atoms with Crippen LogP contribution in [-0.4, -0.2) is 55.6 Å². The minimum Gasteiger partial charge on any atom is -0.329 e. The Morgan fingerprint density at radius 3 is 2.29 bits per heavy atom. The zero-order valence-electron chi connectivity index (χ0n) is 12.2. The third-order valence-electron chi connectivity index (χ3n) is 3.84. The van der Waals surface area contributed by atoms with Gasteiger partial charge in [0.15, 0.2) is 0 Å². The Balaban J connectivity index is 2.23. The van der Waals surface area contributed by atoms with Crippen molar-refractivity contribution in [2.24, 2.45) is 11.1 Å². The van der Waals surface area contributed by atoms with Gasteiger partial charge < -0.3 is 15.5 Å². The maximum Gasteiger partial charge on any atom is 0.0117 e. The van der Waals surface area contributed by atoms with Gasteiger partial charge in [0, 0.05) is 19.1 Å². The second kappa shape index (κ2) is 6.72. The topological polar surface area (TPSA) is 32.5 Å². The molecule has 102 valence electrons. The molecule has 0 bridgehead atoms. The molecule has 0 aromatic carbocycles. The summed E-state index contributed by atoms with van der Waals surface area (Å²) >= 11 is 0. The van der Waals surface area contributed by atoms with Gasteiger partial charge in [-0.3, -0.25) is 0 Å². The van der Waals surface area contributed by atoms with Crippen molar-refractivity contribution in [1.82, 2.24) is 9.80 Å². The molecule has 0 amide bonds. The maximum absolute atomic E-state index is 5.60. The number of nitrogens with zero attached hydrogens (tertiary/aromatic N) is 2. The third kappa shape index (κ3) is 5.84. The molecular weight excluding hydrogens is 210 g/mol. The van der Waals surface area contributed by atoms with Crippen molar-refractivity contribution >= 4 is 0 Å². The van der Waals surface area contributed by atoms with Gasteiger partial charge in [-0.05, 0) is 51.4 Å². The highest BCUT2D eigenvalue weighted by atomic mass is 15.2. The van der Waals surface area contributed by atoms with E-state index in [4.69, 9.17) is 5.73 Å². The summed E-state index contributed by atoms with van der Waals surface area (Å²) in [5.74, 6) is 0. The van der Waals surface area contributed by atoms with E-state index < -0.39 is 0 Å². The van der Waals surface area contributed by atoms with Crippen LogP contribution >= 0.6 is 0 Å². The van der Waals surface area contributed by atoms with Gasteiger partial charge in [0.1, 0.15) is 0 Å².